The van der Waals surface area contributed by atoms with Gasteiger partial charge in [0.05, 0.1) is 0 Å². The third-order valence-electron chi connectivity index (χ3n) is 5.61. The van der Waals surface area contributed by atoms with E-state index in [2.05, 4.69) is 13.8 Å². The summed E-state index contributed by atoms with van der Waals surface area (Å²) in [4.78, 5) is 0. The van der Waals surface area contributed by atoms with Crippen molar-refractivity contribution in [2.24, 2.45) is 0 Å². The molecule has 2 heteroatoms. The van der Waals surface area contributed by atoms with Crippen molar-refractivity contribution in [3.63, 3.8) is 0 Å². The van der Waals surface area contributed by atoms with Gasteiger partial charge >= 0.3 is 0 Å². The molecule has 0 saturated heterocycles. The van der Waals surface area contributed by atoms with Gasteiger partial charge in [-0.15, -0.1) is 0 Å². The number of hydrogen-bond donors (Lipinski definition) is 0. The molecule has 0 radical (unpaired) electrons. The van der Waals surface area contributed by atoms with E-state index < -0.39 is 0 Å². The van der Waals surface area contributed by atoms with Crippen LogP contribution in [0.1, 0.15) is 142 Å². The average molecular weight is 399 g/mol. The zero-order valence-corrected chi connectivity index (χ0v) is 19.8. The van der Waals surface area contributed by atoms with Crippen molar-refractivity contribution in [3.05, 3.63) is 0 Å². The fraction of sp³-hybridized carbons (Fsp3) is 1.00. The van der Waals surface area contributed by atoms with Crippen LogP contribution in [0.25, 0.3) is 0 Å². The summed E-state index contributed by atoms with van der Waals surface area (Å²) < 4.78 is 11.5. The first kappa shape index (κ1) is 27.9. The molecule has 0 spiro atoms. The van der Waals surface area contributed by atoms with E-state index in [1.165, 1.54) is 128 Å². The molecule has 170 valence electrons. The van der Waals surface area contributed by atoms with Crippen LogP contribution in [-0.4, -0.2) is 26.4 Å². The van der Waals surface area contributed by atoms with E-state index in [4.69, 9.17) is 9.47 Å². The highest BCUT2D eigenvalue weighted by molar-refractivity contribution is 4.49. The first-order valence-electron chi connectivity index (χ1n) is 13.1. The molecule has 0 N–H and O–H groups in total. The highest BCUT2D eigenvalue weighted by Gasteiger charge is 1.95. The van der Waals surface area contributed by atoms with E-state index in [-0.39, 0.29) is 0 Å². The maximum atomic E-state index is 5.75. The quantitative estimate of drug-likeness (QED) is 0.143. The van der Waals surface area contributed by atoms with Crippen molar-refractivity contribution < 1.29 is 9.47 Å². The van der Waals surface area contributed by atoms with Gasteiger partial charge in [-0.3, -0.25) is 0 Å². The summed E-state index contributed by atoms with van der Waals surface area (Å²) in [6.45, 7) is 8.46. The molecule has 0 amide bonds. The van der Waals surface area contributed by atoms with Gasteiger partial charge in [0, 0.05) is 26.4 Å². The lowest BCUT2D eigenvalue weighted by Gasteiger charge is -2.05. The summed E-state index contributed by atoms with van der Waals surface area (Å²) in [6, 6.07) is 0. The first-order chi connectivity index (χ1) is 13.9. The maximum absolute atomic E-state index is 5.75. The molecular formula is C26H54O2. The average Bonchev–Trinajstić information content (AvgIpc) is 2.71. The van der Waals surface area contributed by atoms with Crippen molar-refractivity contribution in [2.75, 3.05) is 26.4 Å². The molecule has 0 aromatic carbocycles. The van der Waals surface area contributed by atoms with Gasteiger partial charge in [-0.05, 0) is 25.7 Å². The number of ether oxygens (including phenoxy) is 2. The van der Waals surface area contributed by atoms with Gasteiger partial charge in [-0.2, -0.15) is 0 Å². The molecule has 28 heavy (non-hydrogen) atoms. The standard InChI is InChI=1S/C26H54O2/c1-3-5-7-9-16-20-24-28-26-22-18-14-12-10-11-13-17-21-25-27-23-19-15-8-6-4-2/h3-26H2,1-2H3. The third kappa shape index (κ3) is 25.9. The lowest BCUT2D eigenvalue weighted by Crippen LogP contribution is -1.97. The summed E-state index contributed by atoms with van der Waals surface area (Å²) in [5.74, 6) is 0. The monoisotopic (exact) mass is 398 g/mol. The zero-order valence-electron chi connectivity index (χ0n) is 19.8. The van der Waals surface area contributed by atoms with Crippen LogP contribution in [0.2, 0.25) is 0 Å². The smallest absolute Gasteiger partial charge is 0.0466 e. The van der Waals surface area contributed by atoms with Crippen LogP contribution in [-0.2, 0) is 9.47 Å². The third-order valence-corrected chi connectivity index (χ3v) is 5.61. The molecule has 0 saturated carbocycles. The normalized spacial score (nSPS) is 11.4. The highest BCUT2D eigenvalue weighted by atomic mass is 16.5. The highest BCUT2D eigenvalue weighted by Crippen LogP contribution is 2.10. The van der Waals surface area contributed by atoms with Crippen molar-refractivity contribution in [2.45, 2.75) is 142 Å². The first-order valence-corrected chi connectivity index (χ1v) is 13.1. The molecule has 0 bridgehead atoms. The maximum Gasteiger partial charge on any atom is 0.0466 e. The van der Waals surface area contributed by atoms with Crippen molar-refractivity contribution in [3.8, 4) is 0 Å². The molecule has 0 heterocycles. The number of hydrogen-bond acceptors (Lipinski definition) is 2. The van der Waals surface area contributed by atoms with Crippen LogP contribution in [0, 0.1) is 0 Å². The Morgan fingerprint density at radius 2 is 0.500 bits per heavy atom. The molecule has 0 unspecified atom stereocenters. The summed E-state index contributed by atoms with van der Waals surface area (Å²) in [5.41, 5.74) is 0. The van der Waals surface area contributed by atoms with Gasteiger partial charge in [-0.25, -0.2) is 0 Å². The Morgan fingerprint density at radius 1 is 0.286 bits per heavy atom. The molecule has 0 aliphatic carbocycles. The van der Waals surface area contributed by atoms with Gasteiger partial charge in [-0.1, -0.05) is 117 Å². The number of unbranched alkanes of at least 4 members (excludes halogenated alkanes) is 17. The fourth-order valence-corrected chi connectivity index (χ4v) is 3.64. The minimum absolute atomic E-state index is 0.979. The van der Waals surface area contributed by atoms with Crippen LogP contribution in [0.4, 0.5) is 0 Å². The minimum Gasteiger partial charge on any atom is -0.381 e. The van der Waals surface area contributed by atoms with Crippen LogP contribution < -0.4 is 0 Å². The SMILES string of the molecule is CCCCCCCCOCCCCCCCCCCCOCCCCCCC. The minimum atomic E-state index is 0.979. The van der Waals surface area contributed by atoms with Crippen molar-refractivity contribution in [1.82, 2.24) is 0 Å². The molecule has 0 aromatic heterocycles. The molecule has 0 aliphatic rings. The molecule has 0 fully saturated rings. The molecule has 0 atom stereocenters. The molecule has 0 rings (SSSR count). The van der Waals surface area contributed by atoms with Crippen molar-refractivity contribution >= 4 is 0 Å². The van der Waals surface area contributed by atoms with E-state index in [9.17, 15) is 0 Å². The lowest BCUT2D eigenvalue weighted by atomic mass is 10.1. The number of rotatable bonds is 25. The van der Waals surface area contributed by atoms with Crippen LogP contribution >= 0.6 is 0 Å². The second kappa shape index (κ2) is 26.9. The summed E-state index contributed by atoms with van der Waals surface area (Å²) >= 11 is 0. The Labute approximate surface area is 178 Å². The van der Waals surface area contributed by atoms with Gasteiger partial charge in [0.25, 0.3) is 0 Å². The zero-order chi connectivity index (χ0) is 20.4. The summed E-state index contributed by atoms with van der Waals surface area (Å²) in [7, 11) is 0. The van der Waals surface area contributed by atoms with E-state index in [1.54, 1.807) is 0 Å². The van der Waals surface area contributed by atoms with Crippen LogP contribution in [0.15, 0.2) is 0 Å². The van der Waals surface area contributed by atoms with E-state index >= 15 is 0 Å². The van der Waals surface area contributed by atoms with Gasteiger partial charge in [0.1, 0.15) is 0 Å². The Kier molecular flexibility index (Phi) is 26.8. The molecule has 0 aliphatic heterocycles. The Balaban J connectivity index is 2.96. The van der Waals surface area contributed by atoms with Gasteiger partial charge < -0.3 is 9.47 Å². The molecule has 0 aromatic rings. The van der Waals surface area contributed by atoms with E-state index in [0.29, 0.717) is 0 Å². The van der Waals surface area contributed by atoms with Crippen LogP contribution in [0.3, 0.4) is 0 Å². The second-order valence-corrected chi connectivity index (χ2v) is 8.59. The van der Waals surface area contributed by atoms with E-state index in [1.807, 2.05) is 0 Å². The Morgan fingerprint density at radius 3 is 0.750 bits per heavy atom. The summed E-state index contributed by atoms with van der Waals surface area (Å²) in [6.07, 6.45) is 27.1. The second-order valence-electron chi connectivity index (χ2n) is 8.59. The largest absolute Gasteiger partial charge is 0.381 e. The Hall–Kier alpha value is -0.0800. The molecule has 2 nitrogen and oxygen atoms in total. The van der Waals surface area contributed by atoms with Gasteiger partial charge in [0.15, 0.2) is 0 Å². The van der Waals surface area contributed by atoms with Gasteiger partial charge in [0.2, 0.25) is 0 Å². The predicted molar refractivity (Wildman–Crippen MR) is 125 cm³/mol. The topological polar surface area (TPSA) is 18.5 Å². The Bertz CT molecular complexity index is 229. The summed E-state index contributed by atoms with van der Waals surface area (Å²) in [5, 5.41) is 0. The predicted octanol–water partition coefficient (Wildman–Crippen LogP) is 8.86. The van der Waals surface area contributed by atoms with Crippen LogP contribution in [0.5, 0.6) is 0 Å². The van der Waals surface area contributed by atoms with Crippen molar-refractivity contribution in [1.29, 1.82) is 0 Å². The fourth-order valence-electron chi connectivity index (χ4n) is 3.64. The molecular weight excluding hydrogens is 344 g/mol. The van der Waals surface area contributed by atoms with E-state index in [0.717, 1.165) is 26.4 Å². The lowest BCUT2D eigenvalue weighted by molar-refractivity contribution is 0.125.